The summed E-state index contributed by atoms with van der Waals surface area (Å²) in [6, 6.07) is 0. The molecule has 468 valence electrons. The Labute approximate surface area is 517 Å². The standard InChI is InChI=1S/C79H122O5/c1-3-5-7-9-11-13-15-17-19-21-23-25-27-29-31-33-35-36-37-38-39-40-41-42-44-46-48-50-52-54-56-58-60-62-64-66-68-70-72-74-79(82)84-77(75-80)76-83-78(81)73-71-69-67-65-63-61-59-57-55-53-51-49-47-45-43-34-32-30-28-26-24-22-20-18-16-14-12-10-8-6-4-2/h5-8,11-14,17-20,23-26,29-32,35-36,38-39,41-42,46,48,52,54,58,60,64,66,77,80H,3-4,9-10,15-16,21-22,27-28,33-34,37,40,43-45,47,49-51,53,55-57,59,61-63,65,67-76H2,1-2H3/b7-5-,8-6-,13-11-,14-12-,19-17-,20-18-,25-23-,26-24-,31-29-,32-30-,36-35-,39-38-,42-41-,48-46-,54-52-,60-58-,66-64-. The Morgan fingerprint density at radius 1 is 0.274 bits per heavy atom. The van der Waals surface area contributed by atoms with Gasteiger partial charge in [-0.2, -0.15) is 0 Å². The Hall–Kier alpha value is -5.52. The maximum absolute atomic E-state index is 12.3. The van der Waals surface area contributed by atoms with Gasteiger partial charge in [0.2, 0.25) is 0 Å². The fourth-order valence-corrected chi connectivity index (χ4v) is 8.62. The molecule has 5 heteroatoms. The molecule has 0 saturated carbocycles. The molecule has 0 rings (SSSR count). The van der Waals surface area contributed by atoms with Gasteiger partial charge in [-0.05, 0) is 148 Å². The highest BCUT2D eigenvalue weighted by Gasteiger charge is 2.16. The van der Waals surface area contributed by atoms with Crippen LogP contribution in [0.2, 0.25) is 0 Å². The van der Waals surface area contributed by atoms with Crippen molar-refractivity contribution in [2.24, 2.45) is 0 Å². The van der Waals surface area contributed by atoms with Crippen molar-refractivity contribution in [1.82, 2.24) is 0 Å². The first kappa shape index (κ1) is 78.5. The van der Waals surface area contributed by atoms with Gasteiger partial charge in [0.15, 0.2) is 6.10 Å². The fraction of sp³-hybridized carbons (Fsp3) is 0.544. The van der Waals surface area contributed by atoms with E-state index in [1.165, 1.54) is 83.5 Å². The van der Waals surface area contributed by atoms with Gasteiger partial charge in [0.05, 0.1) is 6.61 Å². The summed E-state index contributed by atoms with van der Waals surface area (Å²) in [5.41, 5.74) is 0. The molecule has 0 heterocycles. The Kier molecular flexibility index (Phi) is 67.0. The van der Waals surface area contributed by atoms with Gasteiger partial charge in [-0.1, -0.05) is 304 Å². The van der Waals surface area contributed by atoms with Crippen molar-refractivity contribution in [3.05, 3.63) is 207 Å². The van der Waals surface area contributed by atoms with Crippen molar-refractivity contribution in [2.45, 2.75) is 264 Å². The Balaban J connectivity index is 3.65. The van der Waals surface area contributed by atoms with Crippen molar-refractivity contribution in [3.8, 4) is 0 Å². The molecule has 0 aromatic heterocycles. The molecule has 1 unspecified atom stereocenters. The SMILES string of the molecule is CC/C=C\C/C=C\C/C=C\C/C=C\C/C=C\C/C=C\C/C=C\C/C=C\C/C=C\C/C=C\C/C=C\C/C=C\CCCCC(=O)OC(CO)COC(=O)CCCCCCCCCCCCCCCCC/C=C\C/C=C\C/C=C\C/C=C\C/C=C\CC. The van der Waals surface area contributed by atoms with E-state index in [2.05, 4.69) is 220 Å². The molecule has 0 aliphatic heterocycles. The Morgan fingerprint density at radius 2 is 0.476 bits per heavy atom. The zero-order chi connectivity index (χ0) is 60.5. The Morgan fingerprint density at radius 3 is 0.738 bits per heavy atom. The maximum Gasteiger partial charge on any atom is 0.306 e. The van der Waals surface area contributed by atoms with Gasteiger partial charge in [-0.25, -0.2) is 0 Å². The van der Waals surface area contributed by atoms with Crippen LogP contribution >= 0.6 is 0 Å². The average molecular weight is 1150 g/mol. The van der Waals surface area contributed by atoms with Gasteiger partial charge < -0.3 is 14.6 Å². The quantitative estimate of drug-likeness (QED) is 0.0373. The number of ether oxygens (including phenoxy) is 2. The van der Waals surface area contributed by atoms with Crippen molar-refractivity contribution >= 4 is 11.9 Å². The zero-order valence-electron chi connectivity index (χ0n) is 53.6. The molecule has 0 aromatic rings. The maximum atomic E-state index is 12.3. The summed E-state index contributed by atoms with van der Waals surface area (Å²) < 4.78 is 10.7. The molecule has 0 bridgehead atoms. The number of hydrogen-bond donors (Lipinski definition) is 1. The predicted octanol–water partition coefficient (Wildman–Crippen LogP) is 23.8. The van der Waals surface area contributed by atoms with Crippen LogP contribution in [-0.2, 0) is 19.1 Å². The largest absolute Gasteiger partial charge is 0.462 e. The smallest absolute Gasteiger partial charge is 0.306 e. The van der Waals surface area contributed by atoms with Crippen molar-refractivity contribution < 1.29 is 24.2 Å². The van der Waals surface area contributed by atoms with Gasteiger partial charge >= 0.3 is 11.9 Å². The monoisotopic (exact) mass is 1150 g/mol. The summed E-state index contributed by atoms with van der Waals surface area (Å²) >= 11 is 0. The predicted molar refractivity (Wildman–Crippen MR) is 370 cm³/mol. The lowest BCUT2D eigenvalue weighted by Gasteiger charge is -2.15. The lowest BCUT2D eigenvalue weighted by molar-refractivity contribution is -0.161. The highest BCUT2D eigenvalue weighted by molar-refractivity contribution is 5.70. The first-order valence-electron chi connectivity index (χ1n) is 33.6. The summed E-state index contributed by atoms with van der Waals surface area (Å²) in [7, 11) is 0. The van der Waals surface area contributed by atoms with Crippen LogP contribution < -0.4 is 0 Å². The summed E-state index contributed by atoms with van der Waals surface area (Å²) in [4.78, 5) is 24.6. The summed E-state index contributed by atoms with van der Waals surface area (Å²) in [6.07, 6.45) is 115. The highest BCUT2D eigenvalue weighted by Crippen LogP contribution is 2.15. The second-order valence-electron chi connectivity index (χ2n) is 21.4. The van der Waals surface area contributed by atoms with Gasteiger partial charge in [0.25, 0.3) is 0 Å². The normalized spacial score (nSPS) is 13.6. The Bertz CT molecular complexity index is 1980. The minimum absolute atomic E-state index is 0.0960. The molecule has 1 atom stereocenters. The third-order valence-electron chi connectivity index (χ3n) is 13.6. The minimum atomic E-state index is -0.812. The lowest BCUT2D eigenvalue weighted by atomic mass is 10.0. The number of carbonyl (C=O) groups is 2. The molecule has 5 nitrogen and oxygen atoms in total. The third-order valence-corrected chi connectivity index (χ3v) is 13.6. The van der Waals surface area contributed by atoms with Crippen LogP contribution in [0.1, 0.15) is 258 Å². The molecule has 84 heavy (non-hydrogen) atoms. The molecular formula is C79H122O5. The highest BCUT2D eigenvalue weighted by atomic mass is 16.6. The topological polar surface area (TPSA) is 72.8 Å². The summed E-state index contributed by atoms with van der Waals surface area (Å²) in [6.45, 7) is 3.87. The van der Waals surface area contributed by atoms with E-state index in [0.29, 0.717) is 12.8 Å². The van der Waals surface area contributed by atoms with E-state index in [1.807, 2.05) is 0 Å². The number of unbranched alkanes of at least 4 members (excludes halogenated alkanes) is 17. The summed E-state index contributed by atoms with van der Waals surface area (Å²) in [5, 5.41) is 9.69. The van der Waals surface area contributed by atoms with Gasteiger partial charge in [-0.15, -0.1) is 0 Å². The van der Waals surface area contributed by atoms with E-state index in [1.54, 1.807) is 0 Å². The van der Waals surface area contributed by atoms with Gasteiger partial charge in [0, 0.05) is 12.8 Å². The minimum Gasteiger partial charge on any atom is -0.462 e. The van der Waals surface area contributed by atoms with E-state index in [9.17, 15) is 14.7 Å². The second kappa shape index (κ2) is 71.7. The molecule has 0 spiro atoms. The van der Waals surface area contributed by atoms with Crippen LogP contribution in [-0.4, -0.2) is 36.4 Å². The average Bonchev–Trinajstić information content (AvgIpc) is 3.51. The second-order valence-corrected chi connectivity index (χ2v) is 21.4. The van der Waals surface area contributed by atoms with E-state index in [-0.39, 0.29) is 31.6 Å². The van der Waals surface area contributed by atoms with E-state index in [0.717, 1.165) is 141 Å². The first-order valence-corrected chi connectivity index (χ1v) is 33.6. The molecule has 0 aromatic carbocycles. The lowest BCUT2D eigenvalue weighted by Crippen LogP contribution is -2.28. The number of aliphatic hydroxyl groups is 1. The molecule has 0 saturated heterocycles. The van der Waals surface area contributed by atoms with Crippen molar-refractivity contribution in [3.63, 3.8) is 0 Å². The number of hydrogen-bond acceptors (Lipinski definition) is 5. The zero-order valence-corrected chi connectivity index (χ0v) is 53.6. The van der Waals surface area contributed by atoms with E-state index < -0.39 is 6.10 Å². The fourth-order valence-electron chi connectivity index (χ4n) is 8.62. The molecule has 0 aliphatic rings. The van der Waals surface area contributed by atoms with Crippen LogP contribution in [0.25, 0.3) is 0 Å². The number of esters is 2. The van der Waals surface area contributed by atoms with Crippen LogP contribution in [0, 0.1) is 0 Å². The van der Waals surface area contributed by atoms with Gasteiger partial charge in [-0.3, -0.25) is 9.59 Å². The van der Waals surface area contributed by atoms with Crippen molar-refractivity contribution in [2.75, 3.05) is 13.2 Å². The number of carbonyl (C=O) groups excluding carboxylic acids is 2. The van der Waals surface area contributed by atoms with Crippen LogP contribution in [0.5, 0.6) is 0 Å². The molecule has 0 radical (unpaired) electrons. The molecular weight excluding hydrogens is 1030 g/mol. The third kappa shape index (κ3) is 69.0. The van der Waals surface area contributed by atoms with Crippen LogP contribution in [0.3, 0.4) is 0 Å². The van der Waals surface area contributed by atoms with E-state index >= 15 is 0 Å². The molecule has 0 amide bonds. The number of aliphatic hydroxyl groups excluding tert-OH is 1. The molecule has 1 N–H and O–H groups in total. The van der Waals surface area contributed by atoms with Crippen molar-refractivity contribution in [1.29, 1.82) is 0 Å². The number of allylic oxidation sites excluding steroid dienone is 34. The van der Waals surface area contributed by atoms with Crippen LogP contribution in [0.4, 0.5) is 0 Å². The molecule has 0 fully saturated rings. The molecule has 0 aliphatic carbocycles. The van der Waals surface area contributed by atoms with Crippen LogP contribution in [0.15, 0.2) is 207 Å². The number of rotatable bonds is 59. The van der Waals surface area contributed by atoms with E-state index in [4.69, 9.17) is 9.47 Å². The first-order chi connectivity index (χ1) is 41.6. The summed E-state index contributed by atoms with van der Waals surface area (Å²) in [5.74, 6) is -0.653. The van der Waals surface area contributed by atoms with Gasteiger partial charge in [0.1, 0.15) is 6.61 Å².